The minimum absolute atomic E-state index is 0.659. The van der Waals surface area contributed by atoms with Gasteiger partial charge in [-0.05, 0) is 6.92 Å². The van der Waals surface area contributed by atoms with Crippen molar-refractivity contribution >= 4 is 0 Å². The second kappa shape index (κ2) is 7.01. The Balaban J connectivity index is 2.06. The Hall–Kier alpha value is -0.400. The molecule has 0 spiro atoms. The van der Waals surface area contributed by atoms with E-state index in [9.17, 15) is 30.6 Å². The van der Waals surface area contributed by atoms with Gasteiger partial charge in [0.25, 0.3) is 0 Å². The van der Waals surface area contributed by atoms with Gasteiger partial charge in [-0.3, -0.25) is 0 Å². The van der Waals surface area contributed by atoms with Crippen molar-refractivity contribution in [3.8, 4) is 0 Å². The van der Waals surface area contributed by atoms with E-state index >= 15 is 0 Å². The van der Waals surface area contributed by atoms with Crippen LogP contribution in [0, 0.1) is 0 Å². The van der Waals surface area contributed by atoms with Crippen molar-refractivity contribution < 1.29 is 50.0 Å². The van der Waals surface area contributed by atoms with Gasteiger partial charge in [-0.25, -0.2) is 0 Å². The van der Waals surface area contributed by atoms with Gasteiger partial charge in [0.15, 0.2) is 6.29 Å². The third kappa shape index (κ3) is 3.26. The molecule has 2 heterocycles. The molecule has 2 saturated heterocycles. The van der Waals surface area contributed by atoms with Gasteiger partial charge < -0.3 is 44.8 Å². The quantitative estimate of drug-likeness (QED) is 0.303. The average Bonchev–Trinajstić information content (AvgIpc) is 2.49. The van der Waals surface area contributed by atoms with Crippen LogP contribution in [0.2, 0.25) is 0 Å². The lowest BCUT2D eigenvalue weighted by molar-refractivity contribution is -0.366. The van der Waals surface area contributed by atoms with Crippen LogP contribution in [0.4, 0.5) is 0 Å². The highest BCUT2D eigenvalue weighted by Crippen LogP contribution is 2.28. The van der Waals surface area contributed by atoms with E-state index in [4.69, 9.17) is 19.3 Å². The fourth-order valence-electron chi connectivity index (χ4n) is 2.48. The predicted molar refractivity (Wildman–Crippen MR) is 65.7 cm³/mol. The van der Waals surface area contributed by atoms with Crippen LogP contribution in [-0.2, 0) is 19.3 Å². The van der Waals surface area contributed by atoms with E-state index in [-0.39, 0.29) is 0 Å². The molecular weight excluding hydrogens is 304 g/mol. The first-order valence-corrected chi connectivity index (χ1v) is 6.91. The van der Waals surface area contributed by atoms with E-state index in [0.29, 0.717) is 0 Å². The van der Waals surface area contributed by atoms with Crippen molar-refractivity contribution in [1.82, 2.24) is 0 Å². The molecule has 10 heteroatoms. The lowest BCUT2D eigenvalue weighted by Gasteiger charge is -2.44. The summed E-state index contributed by atoms with van der Waals surface area (Å²) >= 11 is 0. The van der Waals surface area contributed by atoms with Gasteiger partial charge in [0.2, 0.25) is 6.29 Å². The summed E-state index contributed by atoms with van der Waals surface area (Å²) in [6.07, 6.45) is -14.9. The van der Waals surface area contributed by atoms with Crippen molar-refractivity contribution in [2.45, 2.75) is 68.3 Å². The van der Waals surface area contributed by atoms with E-state index in [0.717, 1.165) is 0 Å². The molecule has 10 atom stereocenters. The molecule has 0 amide bonds. The van der Waals surface area contributed by atoms with Gasteiger partial charge in [0.05, 0.1) is 12.7 Å². The molecule has 6 N–H and O–H groups in total. The fourth-order valence-corrected chi connectivity index (χ4v) is 2.48. The smallest absolute Gasteiger partial charge is 0.221 e. The van der Waals surface area contributed by atoms with E-state index in [1.54, 1.807) is 0 Å². The number of aliphatic hydroxyl groups excluding tert-OH is 6. The lowest BCUT2D eigenvalue weighted by Crippen LogP contribution is -2.63. The zero-order valence-corrected chi connectivity index (χ0v) is 11.8. The van der Waals surface area contributed by atoms with Crippen LogP contribution in [-0.4, -0.2) is 98.7 Å². The van der Waals surface area contributed by atoms with Gasteiger partial charge in [0, 0.05) is 0 Å². The molecule has 0 bridgehead atoms. The Morgan fingerprint density at radius 2 is 1.55 bits per heavy atom. The van der Waals surface area contributed by atoms with E-state index in [1.807, 2.05) is 0 Å². The first-order valence-electron chi connectivity index (χ1n) is 6.91. The maximum atomic E-state index is 11.8. The molecule has 10 nitrogen and oxygen atoms in total. The number of ether oxygens (including phenoxy) is 3. The third-order valence-corrected chi connectivity index (χ3v) is 3.92. The first kappa shape index (κ1) is 17.9. The van der Waals surface area contributed by atoms with Crippen molar-refractivity contribution in [2.75, 3.05) is 6.61 Å². The van der Waals surface area contributed by atoms with Crippen molar-refractivity contribution in [3.63, 3.8) is 0 Å². The minimum Gasteiger partial charge on any atom is -0.394 e. The average molecular weight is 325 g/mol. The molecule has 22 heavy (non-hydrogen) atoms. The van der Waals surface area contributed by atoms with Crippen LogP contribution >= 0.6 is 0 Å². The van der Waals surface area contributed by atoms with Crippen molar-refractivity contribution in [2.24, 2.45) is 0 Å². The summed E-state index contributed by atoms with van der Waals surface area (Å²) in [5.41, 5.74) is 0. The van der Waals surface area contributed by atoms with Crippen LogP contribution in [0.3, 0.4) is 0 Å². The second-order valence-corrected chi connectivity index (χ2v) is 5.49. The summed E-state index contributed by atoms with van der Waals surface area (Å²) in [6, 6.07) is 0. The Labute approximate surface area is 126 Å². The fraction of sp³-hybridized carbons (Fsp3) is 1.00. The van der Waals surface area contributed by atoms with Gasteiger partial charge in [-0.2, -0.15) is 5.11 Å². The Kier molecular flexibility index (Phi) is 5.72. The van der Waals surface area contributed by atoms with Crippen LogP contribution in [0.15, 0.2) is 0 Å². The Bertz CT molecular complexity index is 368. The highest BCUT2D eigenvalue weighted by atomic mass is 16.7. The lowest BCUT2D eigenvalue weighted by atomic mass is 9.97. The Morgan fingerprint density at radius 1 is 0.909 bits per heavy atom. The number of rotatable bonds is 3. The zero-order chi connectivity index (χ0) is 16.6. The largest absolute Gasteiger partial charge is 0.394 e. The maximum absolute atomic E-state index is 11.8. The number of aliphatic hydroxyl groups is 6. The third-order valence-electron chi connectivity index (χ3n) is 3.92. The SMILES string of the molecule is C[C@@H]1O[C@@H](O[C@H]2C([O])O[C@H](CO)[C@@H](O)[C@@H]2O)[C@H](O)[C@H](O)[C@H]1O. The Morgan fingerprint density at radius 3 is 2.14 bits per heavy atom. The number of hydrogen-bond donors (Lipinski definition) is 6. The van der Waals surface area contributed by atoms with Gasteiger partial charge in [-0.1, -0.05) is 0 Å². The summed E-state index contributed by atoms with van der Waals surface area (Å²) in [6.45, 7) is 0.767. The van der Waals surface area contributed by atoms with E-state index in [2.05, 4.69) is 0 Å². The molecule has 1 unspecified atom stereocenters. The summed E-state index contributed by atoms with van der Waals surface area (Å²) in [7, 11) is 0. The molecule has 2 fully saturated rings. The molecule has 0 aromatic carbocycles. The molecule has 1 radical (unpaired) electrons. The molecule has 0 aliphatic carbocycles. The first-order chi connectivity index (χ1) is 10.3. The van der Waals surface area contributed by atoms with Crippen LogP contribution in [0.5, 0.6) is 0 Å². The van der Waals surface area contributed by atoms with Crippen molar-refractivity contribution in [3.05, 3.63) is 0 Å². The van der Waals surface area contributed by atoms with Crippen molar-refractivity contribution in [1.29, 1.82) is 0 Å². The molecular formula is C12H21O10. The van der Waals surface area contributed by atoms with E-state index < -0.39 is 68.0 Å². The minimum atomic E-state index is -1.94. The highest BCUT2D eigenvalue weighted by molar-refractivity contribution is 4.92. The number of hydrogen-bond acceptors (Lipinski definition) is 9. The van der Waals surface area contributed by atoms with Gasteiger partial charge in [0.1, 0.15) is 42.7 Å². The standard InChI is InChI=1S/C12H21O10/c1-3-5(14)7(16)9(18)12(20-3)22-10-8(17)6(15)4(2-13)21-11(10)19/h3-18H,2H2,1H3/t3-,4+,5-,6+,7+,8-,9+,10+,11?,12-/m0/s1. The molecule has 0 saturated carbocycles. The maximum Gasteiger partial charge on any atom is 0.221 e. The molecule has 2 aliphatic heterocycles. The molecule has 2 rings (SSSR count). The summed E-state index contributed by atoms with van der Waals surface area (Å²) < 4.78 is 15.1. The van der Waals surface area contributed by atoms with Gasteiger partial charge >= 0.3 is 0 Å². The summed E-state index contributed by atoms with van der Waals surface area (Å²) in [4.78, 5) is 0. The van der Waals surface area contributed by atoms with Gasteiger partial charge in [-0.15, -0.1) is 0 Å². The van der Waals surface area contributed by atoms with Crippen LogP contribution in [0.1, 0.15) is 6.92 Å². The zero-order valence-electron chi connectivity index (χ0n) is 11.8. The predicted octanol–water partition coefficient (Wildman–Crippen LogP) is -3.93. The van der Waals surface area contributed by atoms with E-state index in [1.165, 1.54) is 6.92 Å². The summed E-state index contributed by atoms with van der Waals surface area (Å²) in [5.74, 6) is 0. The topological polar surface area (TPSA) is 169 Å². The summed E-state index contributed by atoms with van der Waals surface area (Å²) in [5, 5.41) is 69.4. The van der Waals surface area contributed by atoms with Crippen LogP contribution < -0.4 is 0 Å². The normalized spacial score (nSPS) is 53.5. The van der Waals surface area contributed by atoms with Crippen LogP contribution in [0.25, 0.3) is 0 Å². The second-order valence-electron chi connectivity index (χ2n) is 5.49. The molecule has 129 valence electrons. The molecule has 0 aromatic heterocycles. The highest BCUT2D eigenvalue weighted by Gasteiger charge is 2.49. The molecule has 2 aliphatic rings. The molecule has 0 aromatic rings. The monoisotopic (exact) mass is 325 g/mol.